The van der Waals surface area contributed by atoms with E-state index in [2.05, 4.69) is 10.6 Å². The van der Waals surface area contributed by atoms with Gasteiger partial charge in [-0.3, -0.25) is 9.59 Å². The number of aliphatic hydroxyl groups is 1. The Kier molecular flexibility index (Phi) is 6.33. The summed E-state index contributed by atoms with van der Waals surface area (Å²) < 4.78 is 0. The summed E-state index contributed by atoms with van der Waals surface area (Å²) in [6, 6.07) is 23.1. The highest BCUT2D eigenvalue weighted by Gasteiger charge is 2.25. The smallest absolute Gasteiger partial charge is 0.313 e. The molecule has 1 unspecified atom stereocenters. The van der Waals surface area contributed by atoms with Crippen molar-refractivity contribution in [3.8, 4) is 11.1 Å². The molecule has 0 heterocycles. The summed E-state index contributed by atoms with van der Waals surface area (Å²) in [4.78, 5) is 24.5. The Bertz CT molecular complexity index is 1020. The number of benzene rings is 3. The average Bonchev–Trinajstić information content (AvgIpc) is 2.75. The first-order valence-electron chi connectivity index (χ1n) is 9.82. The van der Waals surface area contributed by atoms with E-state index in [1.54, 1.807) is 6.92 Å². The van der Waals surface area contributed by atoms with Gasteiger partial charge in [-0.2, -0.15) is 0 Å². The van der Waals surface area contributed by atoms with Crippen LogP contribution in [0.5, 0.6) is 0 Å². The number of aryl methyl sites for hydroxylation is 2. The minimum absolute atomic E-state index is 0.0866. The maximum absolute atomic E-state index is 12.3. The van der Waals surface area contributed by atoms with E-state index in [1.165, 1.54) is 0 Å². The van der Waals surface area contributed by atoms with Gasteiger partial charge in [0.15, 0.2) is 0 Å². The van der Waals surface area contributed by atoms with Crippen molar-refractivity contribution < 1.29 is 14.7 Å². The normalized spacial score (nSPS) is 12.7. The molecule has 0 radical (unpaired) electrons. The molecule has 3 aromatic rings. The molecule has 0 bridgehead atoms. The first-order chi connectivity index (χ1) is 14.3. The molecule has 0 aliphatic rings. The topological polar surface area (TPSA) is 78.4 Å². The minimum atomic E-state index is -1.32. The second-order valence-corrected chi connectivity index (χ2v) is 7.62. The molecule has 0 fully saturated rings. The molecule has 5 nitrogen and oxygen atoms in total. The molecule has 0 aromatic heterocycles. The molecule has 2 amide bonds. The quantitative estimate of drug-likeness (QED) is 0.566. The molecule has 154 valence electrons. The lowest BCUT2D eigenvalue weighted by atomic mass is 9.93. The molecular formula is C25H26N2O3. The summed E-state index contributed by atoms with van der Waals surface area (Å²) in [5, 5.41) is 16.0. The van der Waals surface area contributed by atoms with Crippen LogP contribution in [0.3, 0.4) is 0 Å². The van der Waals surface area contributed by atoms with Crippen molar-refractivity contribution in [3.05, 3.63) is 89.5 Å². The van der Waals surface area contributed by atoms with Gasteiger partial charge >= 0.3 is 11.8 Å². The number of hydrogen-bond acceptors (Lipinski definition) is 3. The van der Waals surface area contributed by atoms with Gasteiger partial charge in [0.05, 0.1) is 6.54 Å². The Morgan fingerprint density at radius 2 is 1.37 bits per heavy atom. The van der Waals surface area contributed by atoms with Crippen LogP contribution in [0.1, 0.15) is 23.6 Å². The van der Waals surface area contributed by atoms with Crippen LogP contribution in [0, 0.1) is 13.8 Å². The number of para-hydroxylation sites is 1. The zero-order valence-electron chi connectivity index (χ0n) is 17.4. The van der Waals surface area contributed by atoms with Gasteiger partial charge in [-0.15, -0.1) is 0 Å². The van der Waals surface area contributed by atoms with Gasteiger partial charge in [0.25, 0.3) is 0 Å². The van der Waals surface area contributed by atoms with Gasteiger partial charge in [-0.25, -0.2) is 0 Å². The van der Waals surface area contributed by atoms with Crippen molar-refractivity contribution in [1.29, 1.82) is 0 Å². The highest BCUT2D eigenvalue weighted by atomic mass is 16.3. The molecule has 0 spiro atoms. The van der Waals surface area contributed by atoms with Gasteiger partial charge in [-0.1, -0.05) is 72.8 Å². The van der Waals surface area contributed by atoms with Crippen LogP contribution >= 0.6 is 0 Å². The zero-order valence-corrected chi connectivity index (χ0v) is 17.4. The molecule has 3 aromatic carbocycles. The van der Waals surface area contributed by atoms with Crippen LogP contribution in [0.25, 0.3) is 11.1 Å². The molecule has 30 heavy (non-hydrogen) atoms. The predicted molar refractivity (Wildman–Crippen MR) is 119 cm³/mol. The van der Waals surface area contributed by atoms with Gasteiger partial charge in [-0.05, 0) is 48.6 Å². The lowest BCUT2D eigenvalue weighted by Gasteiger charge is -2.24. The summed E-state index contributed by atoms with van der Waals surface area (Å²) in [5.74, 6) is -1.55. The SMILES string of the molecule is Cc1cccc(C)c1NC(=O)C(=O)NCC(C)(O)c1ccc(-c2ccccc2)cc1. The van der Waals surface area contributed by atoms with Crippen molar-refractivity contribution in [1.82, 2.24) is 5.32 Å². The van der Waals surface area contributed by atoms with E-state index in [1.807, 2.05) is 86.6 Å². The first kappa shape index (κ1) is 21.3. The van der Waals surface area contributed by atoms with Crippen molar-refractivity contribution in [2.24, 2.45) is 0 Å². The Labute approximate surface area is 176 Å². The standard InChI is InChI=1S/C25H26N2O3/c1-17-8-7-9-18(2)22(17)27-24(29)23(28)26-16-25(3,30)21-14-12-20(13-15-21)19-10-5-4-6-11-19/h4-15,30H,16H2,1-3H3,(H,26,28)(H,27,29). The second kappa shape index (κ2) is 8.93. The minimum Gasteiger partial charge on any atom is -0.384 e. The van der Waals surface area contributed by atoms with Gasteiger partial charge in [0.2, 0.25) is 0 Å². The Morgan fingerprint density at radius 3 is 1.97 bits per heavy atom. The van der Waals surface area contributed by atoms with E-state index in [0.717, 1.165) is 22.3 Å². The van der Waals surface area contributed by atoms with Crippen LogP contribution in [-0.2, 0) is 15.2 Å². The van der Waals surface area contributed by atoms with Gasteiger partial charge in [0, 0.05) is 5.69 Å². The van der Waals surface area contributed by atoms with Crippen LogP contribution in [0.15, 0.2) is 72.8 Å². The molecule has 0 saturated carbocycles. The van der Waals surface area contributed by atoms with Crippen LogP contribution in [0.4, 0.5) is 5.69 Å². The van der Waals surface area contributed by atoms with E-state index >= 15 is 0 Å². The Morgan fingerprint density at radius 1 is 0.800 bits per heavy atom. The number of hydrogen-bond donors (Lipinski definition) is 3. The maximum atomic E-state index is 12.3. The molecule has 3 rings (SSSR count). The molecule has 0 aliphatic heterocycles. The van der Waals surface area contributed by atoms with Crippen molar-refractivity contribution in [2.45, 2.75) is 26.4 Å². The van der Waals surface area contributed by atoms with E-state index < -0.39 is 17.4 Å². The second-order valence-electron chi connectivity index (χ2n) is 7.62. The lowest BCUT2D eigenvalue weighted by Crippen LogP contribution is -2.43. The van der Waals surface area contributed by atoms with Crippen molar-refractivity contribution in [3.63, 3.8) is 0 Å². The fourth-order valence-electron chi connectivity index (χ4n) is 3.27. The Balaban J connectivity index is 1.62. The third-order valence-electron chi connectivity index (χ3n) is 5.13. The van der Waals surface area contributed by atoms with Gasteiger partial charge < -0.3 is 15.7 Å². The number of anilines is 1. The third kappa shape index (κ3) is 4.93. The summed E-state index contributed by atoms with van der Waals surface area (Å²) in [7, 11) is 0. The Hall–Kier alpha value is -3.44. The monoisotopic (exact) mass is 402 g/mol. The van der Waals surface area contributed by atoms with Crippen molar-refractivity contribution in [2.75, 3.05) is 11.9 Å². The third-order valence-corrected chi connectivity index (χ3v) is 5.13. The fraction of sp³-hybridized carbons (Fsp3) is 0.200. The number of rotatable bonds is 5. The summed E-state index contributed by atoms with van der Waals surface area (Å²) in [5.41, 5.74) is 3.83. The molecule has 0 saturated heterocycles. The van der Waals surface area contributed by atoms with Crippen molar-refractivity contribution >= 4 is 17.5 Å². The molecule has 3 N–H and O–H groups in total. The fourth-order valence-corrected chi connectivity index (χ4v) is 3.27. The van der Waals surface area contributed by atoms with E-state index in [9.17, 15) is 14.7 Å². The van der Waals surface area contributed by atoms with Crippen LogP contribution in [-0.4, -0.2) is 23.5 Å². The largest absolute Gasteiger partial charge is 0.384 e. The maximum Gasteiger partial charge on any atom is 0.313 e. The molecule has 0 aliphatic carbocycles. The van der Waals surface area contributed by atoms with Crippen LogP contribution < -0.4 is 10.6 Å². The molecule has 5 heteroatoms. The summed E-state index contributed by atoms with van der Waals surface area (Å²) >= 11 is 0. The summed E-state index contributed by atoms with van der Waals surface area (Å²) in [6.07, 6.45) is 0. The van der Waals surface area contributed by atoms with Gasteiger partial charge in [0.1, 0.15) is 5.60 Å². The highest BCUT2D eigenvalue weighted by molar-refractivity contribution is 6.39. The number of carbonyl (C=O) groups is 2. The highest BCUT2D eigenvalue weighted by Crippen LogP contribution is 2.25. The summed E-state index contributed by atoms with van der Waals surface area (Å²) in [6.45, 7) is 5.25. The molecule has 1 atom stereocenters. The van der Waals surface area contributed by atoms with E-state index in [4.69, 9.17) is 0 Å². The number of nitrogens with one attached hydrogen (secondary N) is 2. The van der Waals surface area contributed by atoms with Crippen LogP contribution in [0.2, 0.25) is 0 Å². The lowest BCUT2D eigenvalue weighted by molar-refractivity contribution is -0.136. The first-order valence-corrected chi connectivity index (χ1v) is 9.82. The molecular weight excluding hydrogens is 376 g/mol. The average molecular weight is 402 g/mol. The predicted octanol–water partition coefficient (Wildman–Crippen LogP) is 3.93. The number of amides is 2. The van der Waals surface area contributed by atoms with E-state index in [0.29, 0.717) is 11.3 Å². The van der Waals surface area contributed by atoms with E-state index in [-0.39, 0.29) is 6.54 Å². The number of carbonyl (C=O) groups excluding carboxylic acids is 2. The zero-order chi connectivity index (χ0) is 21.7.